The van der Waals surface area contributed by atoms with Crippen LogP contribution in [0.5, 0.6) is 0 Å². The molecule has 0 bridgehead atoms. The summed E-state index contributed by atoms with van der Waals surface area (Å²) in [6.07, 6.45) is -0.368. The average Bonchev–Trinajstić information content (AvgIpc) is 3.17. The number of fused-ring (bicyclic) bond motifs is 1. The van der Waals surface area contributed by atoms with Crippen molar-refractivity contribution in [2.75, 3.05) is 36.9 Å². The standard InChI is InChI=1S/C18H22N4O2S2/c1-2-24-18(23)20-7-8-22-9-11-26-16-12-13(5-6-14(16)22)21-17(19)15-4-3-10-25-15/h3-6,10,12H,2,7-9,11H2,1H3,(H2,19,21)(H,20,23). The summed E-state index contributed by atoms with van der Waals surface area (Å²) < 4.78 is 4.89. The average molecular weight is 391 g/mol. The van der Waals surface area contributed by atoms with E-state index in [2.05, 4.69) is 27.3 Å². The fourth-order valence-corrected chi connectivity index (χ4v) is 4.37. The number of carbonyl (C=O) groups is 1. The van der Waals surface area contributed by atoms with Crippen LogP contribution < -0.4 is 16.0 Å². The van der Waals surface area contributed by atoms with Crippen LogP contribution in [0, 0.1) is 0 Å². The molecule has 3 N–H and O–H groups in total. The summed E-state index contributed by atoms with van der Waals surface area (Å²) in [4.78, 5) is 20.4. The van der Waals surface area contributed by atoms with Gasteiger partial charge in [0.15, 0.2) is 0 Å². The molecule has 0 saturated carbocycles. The Labute approximate surface area is 161 Å². The first-order valence-corrected chi connectivity index (χ1v) is 10.3. The third kappa shape index (κ3) is 4.70. The van der Waals surface area contributed by atoms with Crippen molar-refractivity contribution in [1.29, 1.82) is 0 Å². The van der Waals surface area contributed by atoms with E-state index in [1.165, 1.54) is 10.6 Å². The minimum atomic E-state index is -0.368. The van der Waals surface area contributed by atoms with E-state index in [0.29, 0.717) is 19.0 Å². The van der Waals surface area contributed by atoms with Gasteiger partial charge in [-0.15, -0.1) is 23.1 Å². The number of benzene rings is 1. The first kappa shape index (κ1) is 18.6. The number of amides is 1. The van der Waals surface area contributed by atoms with Gasteiger partial charge in [-0.1, -0.05) is 6.07 Å². The van der Waals surface area contributed by atoms with Crippen LogP contribution in [0.15, 0.2) is 45.6 Å². The lowest BCUT2D eigenvalue weighted by molar-refractivity contribution is 0.152. The summed E-state index contributed by atoms with van der Waals surface area (Å²) in [7, 11) is 0. The smallest absolute Gasteiger partial charge is 0.407 e. The van der Waals surface area contributed by atoms with Crippen molar-refractivity contribution >= 4 is 46.4 Å². The topological polar surface area (TPSA) is 80.0 Å². The third-order valence-electron chi connectivity index (χ3n) is 3.85. The minimum Gasteiger partial charge on any atom is -0.450 e. The third-order valence-corrected chi connectivity index (χ3v) is 5.77. The van der Waals surface area contributed by atoms with Crippen LogP contribution in [0.2, 0.25) is 0 Å². The molecule has 0 aliphatic carbocycles. The lowest BCUT2D eigenvalue weighted by Crippen LogP contribution is -2.37. The van der Waals surface area contributed by atoms with Gasteiger partial charge in [-0.3, -0.25) is 0 Å². The lowest BCUT2D eigenvalue weighted by Gasteiger charge is -2.31. The second-order valence-corrected chi connectivity index (χ2v) is 7.69. The Bertz CT molecular complexity index is 778. The summed E-state index contributed by atoms with van der Waals surface area (Å²) in [5.74, 6) is 1.54. The molecule has 1 aliphatic rings. The molecule has 1 aliphatic heterocycles. The van der Waals surface area contributed by atoms with Crippen molar-refractivity contribution in [3.8, 4) is 0 Å². The summed E-state index contributed by atoms with van der Waals surface area (Å²) in [6, 6.07) is 10.1. The van der Waals surface area contributed by atoms with Crippen LogP contribution in [0.1, 0.15) is 11.8 Å². The molecule has 0 fully saturated rings. The first-order chi connectivity index (χ1) is 12.7. The maximum Gasteiger partial charge on any atom is 0.407 e. The van der Waals surface area contributed by atoms with E-state index in [1.54, 1.807) is 18.3 Å². The number of thiophene rings is 1. The van der Waals surface area contributed by atoms with E-state index in [0.717, 1.165) is 29.4 Å². The second kappa shape index (κ2) is 8.95. The molecule has 138 valence electrons. The largest absolute Gasteiger partial charge is 0.450 e. The van der Waals surface area contributed by atoms with Gasteiger partial charge in [0.2, 0.25) is 0 Å². The van der Waals surface area contributed by atoms with Gasteiger partial charge in [0.1, 0.15) is 5.84 Å². The van der Waals surface area contributed by atoms with E-state index in [9.17, 15) is 4.79 Å². The highest BCUT2D eigenvalue weighted by molar-refractivity contribution is 7.99. The Kier molecular flexibility index (Phi) is 6.40. The summed E-state index contributed by atoms with van der Waals surface area (Å²) >= 11 is 3.40. The Morgan fingerprint density at radius 3 is 3.08 bits per heavy atom. The number of rotatable bonds is 6. The highest BCUT2D eigenvalue weighted by atomic mass is 32.2. The number of nitrogens with one attached hydrogen (secondary N) is 1. The molecule has 6 nitrogen and oxygen atoms in total. The van der Waals surface area contributed by atoms with Gasteiger partial charge in [-0.05, 0) is 36.6 Å². The van der Waals surface area contributed by atoms with Crippen molar-refractivity contribution in [3.05, 3.63) is 40.6 Å². The minimum absolute atomic E-state index is 0.368. The van der Waals surface area contributed by atoms with Crippen molar-refractivity contribution < 1.29 is 9.53 Å². The summed E-state index contributed by atoms with van der Waals surface area (Å²) in [5.41, 5.74) is 8.11. The quantitative estimate of drug-likeness (QED) is 0.583. The molecular formula is C18H22N4O2S2. The zero-order chi connectivity index (χ0) is 18.4. The van der Waals surface area contributed by atoms with Gasteiger partial charge in [0.05, 0.1) is 22.9 Å². The van der Waals surface area contributed by atoms with Gasteiger partial charge in [0.25, 0.3) is 0 Å². The molecule has 1 amide bonds. The zero-order valence-electron chi connectivity index (χ0n) is 14.6. The number of nitrogens with zero attached hydrogens (tertiary/aromatic N) is 2. The Hall–Kier alpha value is -2.19. The lowest BCUT2D eigenvalue weighted by atomic mass is 10.2. The molecule has 0 spiro atoms. The number of carbonyl (C=O) groups excluding carboxylic acids is 1. The monoisotopic (exact) mass is 390 g/mol. The van der Waals surface area contributed by atoms with Gasteiger partial charge < -0.3 is 20.7 Å². The normalized spacial score (nSPS) is 14.0. The number of hydrogen-bond acceptors (Lipinski definition) is 6. The summed E-state index contributed by atoms with van der Waals surface area (Å²) in [6.45, 7) is 4.42. The molecule has 26 heavy (non-hydrogen) atoms. The first-order valence-electron chi connectivity index (χ1n) is 8.48. The molecule has 3 rings (SSSR count). The highest BCUT2D eigenvalue weighted by Gasteiger charge is 2.18. The van der Waals surface area contributed by atoms with Crippen LogP contribution in [-0.4, -0.2) is 43.9 Å². The number of nitrogens with two attached hydrogens (primary N) is 1. The molecule has 2 aromatic rings. The Morgan fingerprint density at radius 2 is 2.31 bits per heavy atom. The van der Waals surface area contributed by atoms with E-state index in [-0.39, 0.29) is 6.09 Å². The van der Waals surface area contributed by atoms with Crippen molar-refractivity contribution in [3.63, 3.8) is 0 Å². The molecule has 0 saturated heterocycles. The number of alkyl carbamates (subject to hydrolysis) is 1. The zero-order valence-corrected chi connectivity index (χ0v) is 16.2. The van der Waals surface area contributed by atoms with E-state index >= 15 is 0 Å². The van der Waals surface area contributed by atoms with E-state index in [1.807, 2.05) is 35.3 Å². The number of hydrogen-bond donors (Lipinski definition) is 2. The fraction of sp³-hybridized carbons (Fsp3) is 0.333. The van der Waals surface area contributed by atoms with Crippen molar-refractivity contribution in [2.45, 2.75) is 11.8 Å². The molecule has 2 heterocycles. The summed E-state index contributed by atoms with van der Waals surface area (Å²) in [5, 5.41) is 4.76. The van der Waals surface area contributed by atoms with Crippen molar-refractivity contribution in [1.82, 2.24) is 5.32 Å². The molecule has 0 radical (unpaired) electrons. The molecule has 8 heteroatoms. The van der Waals surface area contributed by atoms with Crippen LogP contribution >= 0.6 is 23.1 Å². The molecule has 1 aromatic heterocycles. The van der Waals surface area contributed by atoms with E-state index < -0.39 is 0 Å². The van der Waals surface area contributed by atoms with Gasteiger partial charge >= 0.3 is 6.09 Å². The SMILES string of the molecule is CCOC(=O)NCCN1CCSc2cc(N=C(N)c3cccs3)ccc21. The predicted molar refractivity (Wildman–Crippen MR) is 109 cm³/mol. The number of thioether (sulfide) groups is 1. The van der Waals surface area contributed by atoms with Crippen molar-refractivity contribution in [2.24, 2.45) is 10.7 Å². The Balaban J connectivity index is 1.67. The molecule has 1 aromatic carbocycles. The van der Waals surface area contributed by atoms with Crippen LogP contribution in [0.4, 0.5) is 16.2 Å². The van der Waals surface area contributed by atoms with Crippen LogP contribution in [0.25, 0.3) is 0 Å². The number of anilines is 1. The molecular weight excluding hydrogens is 368 g/mol. The molecule has 0 unspecified atom stereocenters. The predicted octanol–water partition coefficient (Wildman–Crippen LogP) is 3.44. The van der Waals surface area contributed by atoms with Gasteiger partial charge in [-0.2, -0.15) is 0 Å². The molecule has 0 atom stereocenters. The fourth-order valence-electron chi connectivity index (χ4n) is 2.66. The van der Waals surface area contributed by atoms with E-state index in [4.69, 9.17) is 10.5 Å². The van der Waals surface area contributed by atoms with Gasteiger partial charge in [0, 0.05) is 30.3 Å². The maximum atomic E-state index is 11.4. The van der Waals surface area contributed by atoms with Gasteiger partial charge in [-0.25, -0.2) is 9.79 Å². The second-order valence-electron chi connectivity index (χ2n) is 5.61. The number of ether oxygens (including phenoxy) is 1. The Morgan fingerprint density at radius 1 is 1.42 bits per heavy atom. The number of amidine groups is 1. The highest BCUT2D eigenvalue weighted by Crippen LogP contribution is 2.37. The van der Waals surface area contributed by atoms with Crippen LogP contribution in [-0.2, 0) is 4.74 Å². The number of aliphatic imine (C=N–C) groups is 1. The maximum absolute atomic E-state index is 11.4. The van der Waals surface area contributed by atoms with Crippen LogP contribution in [0.3, 0.4) is 0 Å².